The highest BCUT2D eigenvalue weighted by Gasteiger charge is 2.18. The molecule has 0 aromatic carbocycles. The van der Waals surface area contributed by atoms with Gasteiger partial charge in [0, 0.05) is 5.56 Å². The lowest BCUT2D eigenvalue weighted by molar-refractivity contribution is -0.142. The molecule has 0 aliphatic rings. The summed E-state index contributed by atoms with van der Waals surface area (Å²) in [5.41, 5.74) is -0.660. The molecule has 0 unspecified atom stereocenters. The molecular formula is C10H9BrF3NO2. The highest BCUT2D eigenvalue weighted by molar-refractivity contribution is 9.10. The van der Waals surface area contributed by atoms with E-state index in [-0.39, 0.29) is 16.8 Å². The van der Waals surface area contributed by atoms with Crippen LogP contribution in [0.3, 0.4) is 0 Å². The first-order chi connectivity index (χ1) is 7.95. The number of ether oxygens (including phenoxy) is 1. The molecule has 0 fully saturated rings. The second-order valence-corrected chi connectivity index (χ2v) is 3.85. The van der Waals surface area contributed by atoms with Gasteiger partial charge in [-0.2, -0.15) is 4.39 Å². The first kappa shape index (κ1) is 14.0. The number of pyridine rings is 1. The van der Waals surface area contributed by atoms with Gasteiger partial charge in [0.05, 0.1) is 18.6 Å². The van der Waals surface area contributed by atoms with Crippen molar-refractivity contribution in [1.29, 1.82) is 0 Å². The van der Waals surface area contributed by atoms with Crippen LogP contribution in [0.2, 0.25) is 0 Å². The summed E-state index contributed by atoms with van der Waals surface area (Å²) >= 11 is 2.73. The van der Waals surface area contributed by atoms with Gasteiger partial charge in [0.15, 0.2) is 0 Å². The summed E-state index contributed by atoms with van der Waals surface area (Å²) in [5.74, 6) is -1.65. The van der Waals surface area contributed by atoms with Crippen LogP contribution in [-0.4, -0.2) is 17.6 Å². The Morgan fingerprint density at radius 1 is 1.59 bits per heavy atom. The van der Waals surface area contributed by atoms with Crippen molar-refractivity contribution < 1.29 is 22.7 Å². The van der Waals surface area contributed by atoms with Gasteiger partial charge in [-0.25, -0.2) is 13.8 Å². The fraction of sp³-hybridized carbons (Fsp3) is 0.400. The van der Waals surface area contributed by atoms with E-state index in [0.29, 0.717) is 0 Å². The third kappa shape index (κ3) is 3.69. The Labute approximate surface area is 104 Å². The van der Waals surface area contributed by atoms with E-state index in [1.54, 1.807) is 6.92 Å². The summed E-state index contributed by atoms with van der Waals surface area (Å²) in [6, 6.07) is 0.911. The van der Waals surface area contributed by atoms with Gasteiger partial charge < -0.3 is 4.74 Å². The lowest BCUT2D eigenvalue weighted by Gasteiger charge is -2.07. The van der Waals surface area contributed by atoms with Gasteiger partial charge in [-0.05, 0) is 28.9 Å². The number of hydrogen-bond donors (Lipinski definition) is 0. The molecule has 0 aliphatic carbocycles. The van der Waals surface area contributed by atoms with Crippen molar-refractivity contribution in [3.8, 4) is 0 Å². The molecule has 0 bridgehead atoms. The normalized spacial score (nSPS) is 10.7. The van der Waals surface area contributed by atoms with Crippen molar-refractivity contribution in [1.82, 2.24) is 4.98 Å². The summed E-state index contributed by atoms with van der Waals surface area (Å²) in [6.45, 7) is 1.74. The molecule has 94 valence electrons. The Bertz CT molecular complexity index is 426. The molecule has 0 amide bonds. The molecule has 17 heavy (non-hydrogen) atoms. The molecule has 3 nitrogen and oxygen atoms in total. The topological polar surface area (TPSA) is 39.2 Å². The number of carbonyl (C=O) groups is 1. The van der Waals surface area contributed by atoms with Crippen molar-refractivity contribution in [3.63, 3.8) is 0 Å². The first-order valence-corrected chi connectivity index (χ1v) is 5.53. The molecule has 1 aromatic rings. The van der Waals surface area contributed by atoms with E-state index in [1.807, 2.05) is 0 Å². The number of alkyl halides is 2. The fourth-order valence-corrected chi connectivity index (χ4v) is 1.62. The van der Waals surface area contributed by atoms with Crippen molar-refractivity contribution in [3.05, 3.63) is 27.7 Å². The Morgan fingerprint density at radius 2 is 2.24 bits per heavy atom. The van der Waals surface area contributed by atoms with Gasteiger partial charge in [0.1, 0.15) is 4.60 Å². The molecule has 1 rings (SSSR count). The van der Waals surface area contributed by atoms with Crippen LogP contribution < -0.4 is 0 Å². The summed E-state index contributed by atoms with van der Waals surface area (Å²) in [4.78, 5) is 14.4. The van der Waals surface area contributed by atoms with Crippen LogP contribution in [0.25, 0.3) is 0 Å². The van der Waals surface area contributed by atoms with E-state index >= 15 is 0 Å². The number of esters is 1. The lowest BCUT2D eigenvalue weighted by Crippen LogP contribution is -2.10. The standard InChI is InChI=1S/C10H9BrF3NO2/c1-2-17-7(16)4-5-3-6(9(12)13)8(11)15-10(5)14/h3,9H,2,4H2,1H3. The van der Waals surface area contributed by atoms with E-state index in [4.69, 9.17) is 0 Å². The third-order valence-electron chi connectivity index (χ3n) is 1.90. The molecular weight excluding hydrogens is 303 g/mol. The van der Waals surface area contributed by atoms with Gasteiger partial charge in [-0.1, -0.05) is 0 Å². The zero-order chi connectivity index (χ0) is 13.0. The first-order valence-electron chi connectivity index (χ1n) is 4.74. The van der Waals surface area contributed by atoms with E-state index in [9.17, 15) is 18.0 Å². The maximum Gasteiger partial charge on any atom is 0.310 e. The minimum Gasteiger partial charge on any atom is -0.466 e. The predicted octanol–water partition coefficient (Wildman–Crippen LogP) is 3.03. The average Bonchev–Trinajstić information content (AvgIpc) is 2.21. The number of halogens is 4. The zero-order valence-electron chi connectivity index (χ0n) is 8.84. The molecule has 1 aromatic heterocycles. The fourth-order valence-electron chi connectivity index (χ4n) is 1.17. The van der Waals surface area contributed by atoms with Crippen molar-refractivity contribution >= 4 is 21.9 Å². The molecule has 1 heterocycles. The van der Waals surface area contributed by atoms with Gasteiger partial charge in [-0.3, -0.25) is 4.79 Å². The zero-order valence-corrected chi connectivity index (χ0v) is 10.4. The minimum atomic E-state index is -2.79. The Kier molecular flexibility index (Phi) is 4.92. The molecule has 0 spiro atoms. The average molecular weight is 312 g/mol. The molecule has 0 saturated heterocycles. The van der Waals surface area contributed by atoms with Crippen LogP contribution in [-0.2, 0) is 16.0 Å². The molecule has 0 radical (unpaired) electrons. The second kappa shape index (κ2) is 6.00. The Hall–Kier alpha value is -1.11. The second-order valence-electron chi connectivity index (χ2n) is 3.10. The summed E-state index contributed by atoms with van der Waals surface area (Å²) in [6.07, 6.45) is -3.21. The van der Waals surface area contributed by atoms with Crippen LogP contribution in [0, 0.1) is 5.95 Å². The smallest absolute Gasteiger partial charge is 0.310 e. The SMILES string of the molecule is CCOC(=O)Cc1cc(C(F)F)c(Br)nc1F. The highest BCUT2D eigenvalue weighted by atomic mass is 79.9. The van der Waals surface area contributed by atoms with Gasteiger partial charge in [-0.15, -0.1) is 0 Å². The summed E-state index contributed by atoms with van der Waals surface area (Å²) in [7, 11) is 0. The molecule has 0 saturated carbocycles. The maximum atomic E-state index is 13.3. The number of carbonyl (C=O) groups excluding carboxylic acids is 1. The largest absolute Gasteiger partial charge is 0.466 e. The predicted molar refractivity (Wildman–Crippen MR) is 57.2 cm³/mol. The molecule has 0 atom stereocenters. The van der Waals surface area contributed by atoms with E-state index in [0.717, 1.165) is 6.07 Å². The molecule has 7 heteroatoms. The number of hydrogen-bond acceptors (Lipinski definition) is 3. The van der Waals surface area contributed by atoms with Crippen LogP contribution >= 0.6 is 15.9 Å². The van der Waals surface area contributed by atoms with Crippen molar-refractivity contribution in [2.24, 2.45) is 0 Å². The number of nitrogens with zero attached hydrogens (tertiary/aromatic N) is 1. The minimum absolute atomic E-state index is 0.145. The van der Waals surface area contributed by atoms with Crippen molar-refractivity contribution in [2.75, 3.05) is 6.61 Å². The maximum absolute atomic E-state index is 13.3. The lowest BCUT2D eigenvalue weighted by atomic mass is 10.1. The van der Waals surface area contributed by atoms with Crippen LogP contribution in [0.5, 0.6) is 0 Å². The highest BCUT2D eigenvalue weighted by Crippen LogP contribution is 2.27. The monoisotopic (exact) mass is 311 g/mol. The summed E-state index contributed by atoms with van der Waals surface area (Å²) < 4.78 is 42.7. The summed E-state index contributed by atoms with van der Waals surface area (Å²) in [5, 5.41) is 0. The Balaban J connectivity index is 2.99. The van der Waals surface area contributed by atoms with Crippen LogP contribution in [0.1, 0.15) is 24.5 Å². The van der Waals surface area contributed by atoms with Gasteiger partial charge in [0.25, 0.3) is 6.43 Å². The number of rotatable bonds is 4. The van der Waals surface area contributed by atoms with E-state index < -0.39 is 30.3 Å². The van der Waals surface area contributed by atoms with E-state index in [1.165, 1.54) is 0 Å². The van der Waals surface area contributed by atoms with Gasteiger partial charge in [0.2, 0.25) is 5.95 Å². The quantitative estimate of drug-likeness (QED) is 0.634. The third-order valence-corrected chi connectivity index (χ3v) is 2.54. The number of aromatic nitrogens is 1. The van der Waals surface area contributed by atoms with E-state index in [2.05, 4.69) is 25.7 Å². The van der Waals surface area contributed by atoms with Crippen molar-refractivity contribution in [2.45, 2.75) is 19.8 Å². The van der Waals surface area contributed by atoms with Crippen LogP contribution in [0.4, 0.5) is 13.2 Å². The molecule has 0 aliphatic heterocycles. The van der Waals surface area contributed by atoms with Gasteiger partial charge >= 0.3 is 5.97 Å². The Morgan fingerprint density at radius 3 is 2.76 bits per heavy atom. The van der Waals surface area contributed by atoms with Crippen LogP contribution in [0.15, 0.2) is 10.7 Å². The molecule has 0 N–H and O–H groups in total.